The highest BCUT2D eigenvalue weighted by Gasteiger charge is 2.43. The van der Waals surface area contributed by atoms with E-state index in [-0.39, 0.29) is 5.78 Å². The number of hydrogen-bond donors (Lipinski definition) is 0. The van der Waals surface area contributed by atoms with E-state index in [0.29, 0.717) is 30.4 Å². The minimum Gasteiger partial charge on any atom is -0.493 e. The van der Waals surface area contributed by atoms with Crippen molar-refractivity contribution in [3.63, 3.8) is 0 Å². The Balaban J connectivity index is 2.30. The van der Waals surface area contributed by atoms with Crippen molar-refractivity contribution >= 4 is 5.78 Å². The maximum atomic E-state index is 13.1. The van der Waals surface area contributed by atoms with Crippen LogP contribution in [0.4, 0.5) is 0 Å². The van der Waals surface area contributed by atoms with Gasteiger partial charge in [0.1, 0.15) is 11.4 Å². The predicted octanol–water partition coefficient (Wildman–Crippen LogP) is 4.25. The van der Waals surface area contributed by atoms with Gasteiger partial charge in [0.05, 0.1) is 12.2 Å². The lowest BCUT2D eigenvalue weighted by molar-refractivity contribution is -0.0475. The first-order chi connectivity index (χ1) is 10.1. The maximum absolute atomic E-state index is 13.1. The van der Waals surface area contributed by atoms with Crippen LogP contribution in [-0.4, -0.2) is 24.6 Å². The highest BCUT2D eigenvalue weighted by molar-refractivity contribution is 6.04. The van der Waals surface area contributed by atoms with Crippen LogP contribution in [0.15, 0.2) is 24.3 Å². The summed E-state index contributed by atoms with van der Waals surface area (Å²) in [6.07, 6.45) is 3.70. The number of para-hydroxylation sites is 1. The molecule has 3 heteroatoms. The summed E-state index contributed by atoms with van der Waals surface area (Å²) in [5.41, 5.74) is -0.00331. The molecule has 1 fully saturated rings. The normalized spacial score (nSPS) is 25.6. The topological polar surface area (TPSA) is 35.5 Å². The molecule has 1 saturated carbocycles. The van der Waals surface area contributed by atoms with Crippen molar-refractivity contribution in [2.75, 3.05) is 13.2 Å². The smallest absolute Gasteiger partial charge is 0.198 e. The van der Waals surface area contributed by atoms with Gasteiger partial charge >= 0.3 is 0 Å². The number of ether oxygens (including phenoxy) is 2. The van der Waals surface area contributed by atoms with E-state index >= 15 is 0 Å². The standard InChI is InChI=1S/C18H26O3/c1-4-20-16-9-7-6-8-15(16)17(19)18(21-5-2)12-10-14(3)11-13-18/h6-9,14H,4-5,10-13H2,1-3H3. The largest absolute Gasteiger partial charge is 0.493 e. The number of benzene rings is 1. The van der Waals surface area contributed by atoms with Crippen LogP contribution in [0.3, 0.4) is 0 Å². The second kappa shape index (κ2) is 7.08. The third kappa shape index (κ3) is 3.46. The van der Waals surface area contributed by atoms with E-state index in [9.17, 15) is 4.79 Å². The van der Waals surface area contributed by atoms with Gasteiger partial charge in [0.15, 0.2) is 5.78 Å². The van der Waals surface area contributed by atoms with E-state index in [1.165, 1.54) is 0 Å². The Morgan fingerprint density at radius 1 is 1.19 bits per heavy atom. The summed E-state index contributed by atoms with van der Waals surface area (Å²) >= 11 is 0. The van der Waals surface area contributed by atoms with Gasteiger partial charge in [-0.3, -0.25) is 4.79 Å². The number of carbonyl (C=O) groups excluding carboxylic acids is 1. The summed E-state index contributed by atoms with van der Waals surface area (Å²) < 4.78 is 11.6. The van der Waals surface area contributed by atoms with E-state index in [0.717, 1.165) is 25.7 Å². The minimum absolute atomic E-state index is 0.0836. The summed E-state index contributed by atoms with van der Waals surface area (Å²) in [6, 6.07) is 7.51. The lowest BCUT2D eigenvalue weighted by Crippen LogP contribution is -2.44. The molecule has 0 radical (unpaired) electrons. The van der Waals surface area contributed by atoms with Crippen molar-refractivity contribution in [3.8, 4) is 5.75 Å². The zero-order valence-corrected chi connectivity index (χ0v) is 13.4. The fourth-order valence-electron chi connectivity index (χ4n) is 3.12. The molecule has 1 aromatic carbocycles. The Morgan fingerprint density at radius 2 is 1.86 bits per heavy atom. The molecule has 0 atom stereocenters. The molecule has 0 aromatic heterocycles. The zero-order chi connectivity index (χ0) is 15.3. The Labute approximate surface area is 127 Å². The van der Waals surface area contributed by atoms with Crippen molar-refractivity contribution in [1.29, 1.82) is 0 Å². The zero-order valence-electron chi connectivity index (χ0n) is 13.4. The van der Waals surface area contributed by atoms with Crippen molar-refractivity contribution in [2.45, 2.75) is 52.1 Å². The fraction of sp³-hybridized carbons (Fsp3) is 0.611. The Kier molecular flexibility index (Phi) is 5.40. The highest BCUT2D eigenvalue weighted by Crippen LogP contribution is 2.38. The third-order valence-electron chi connectivity index (χ3n) is 4.35. The summed E-state index contributed by atoms with van der Waals surface area (Å²) in [5, 5.41) is 0. The molecule has 0 N–H and O–H groups in total. The number of ketones is 1. The van der Waals surface area contributed by atoms with E-state index in [1.54, 1.807) is 0 Å². The lowest BCUT2D eigenvalue weighted by Gasteiger charge is -2.38. The van der Waals surface area contributed by atoms with Crippen LogP contribution < -0.4 is 4.74 Å². The molecule has 0 amide bonds. The van der Waals surface area contributed by atoms with Crippen LogP contribution in [0.1, 0.15) is 56.8 Å². The molecule has 0 spiro atoms. The summed E-state index contributed by atoms with van der Waals surface area (Å²) in [6.45, 7) is 7.26. The molecule has 0 unspecified atom stereocenters. The molecule has 116 valence electrons. The second-order valence-corrected chi connectivity index (χ2v) is 5.87. The van der Waals surface area contributed by atoms with Crippen LogP contribution in [0.25, 0.3) is 0 Å². The van der Waals surface area contributed by atoms with E-state index in [2.05, 4.69) is 6.92 Å². The average molecular weight is 290 g/mol. The molecule has 1 aliphatic rings. The van der Waals surface area contributed by atoms with Crippen molar-refractivity contribution in [2.24, 2.45) is 5.92 Å². The first kappa shape index (κ1) is 16.0. The summed E-state index contributed by atoms with van der Waals surface area (Å²) in [5.74, 6) is 1.43. The quantitative estimate of drug-likeness (QED) is 0.735. The monoisotopic (exact) mass is 290 g/mol. The van der Waals surface area contributed by atoms with Gasteiger partial charge in [0.2, 0.25) is 0 Å². The minimum atomic E-state index is -0.658. The first-order valence-electron chi connectivity index (χ1n) is 8.03. The molecule has 3 nitrogen and oxygen atoms in total. The van der Waals surface area contributed by atoms with Crippen LogP contribution in [-0.2, 0) is 4.74 Å². The number of Topliss-reactive ketones (excluding diaryl/α,β-unsaturated/α-hetero) is 1. The third-order valence-corrected chi connectivity index (χ3v) is 4.35. The van der Waals surface area contributed by atoms with Crippen molar-refractivity contribution in [3.05, 3.63) is 29.8 Å². The molecule has 21 heavy (non-hydrogen) atoms. The molecule has 0 heterocycles. The Bertz CT molecular complexity index is 473. The van der Waals surface area contributed by atoms with Gasteiger partial charge in [-0.2, -0.15) is 0 Å². The fourth-order valence-corrected chi connectivity index (χ4v) is 3.12. The van der Waals surface area contributed by atoms with Gasteiger partial charge in [-0.15, -0.1) is 0 Å². The van der Waals surface area contributed by atoms with Gasteiger partial charge in [0, 0.05) is 6.61 Å². The number of hydrogen-bond acceptors (Lipinski definition) is 3. The molecule has 0 aliphatic heterocycles. The summed E-state index contributed by atoms with van der Waals surface area (Å²) in [4.78, 5) is 13.1. The molecule has 0 saturated heterocycles. The van der Waals surface area contributed by atoms with E-state index in [1.807, 2.05) is 38.1 Å². The van der Waals surface area contributed by atoms with Gasteiger partial charge in [-0.05, 0) is 57.6 Å². The highest BCUT2D eigenvalue weighted by atomic mass is 16.5. The van der Waals surface area contributed by atoms with Crippen molar-refractivity contribution < 1.29 is 14.3 Å². The molecule has 2 rings (SSSR count). The molecular formula is C18H26O3. The average Bonchev–Trinajstić information content (AvgIpc) is 2.50. The lowest BCUT2D eigenvalue weighted by atomic mass is 9.75. The van der Waals surface area contributed by atoms with Gasteiger partial charge in [0.25, 0.3) is 0 Å². The van der Waals surface area contributed by atoms with Crippen molar-refractivity contribution in [1.82, 2.24) is 0 Å². The first-order valence-corrected chi connectivity index (χ1v) is 8.03. The number of rotatable bonds is 6. The van der Waals surface area contributed by atoms with E-state index in [4.69, 9.17) is 9.47 Å². The number of carbonyl (C=O) groups is 1. The van der Waals surface area contributed by atoms with Crippen LogP contribution in [0, 0.1) is 5.92 Å². The Hall–Kier alpha value is -1.35. The molecule has 1 aliphatic carbocycles. The Morgan fingerprint density at radius 3 is 2.48 bits per heavy atom. The van der Waals surface area contributed by atoms with Crippen LogP contribution in [0.5, 0.6) is 5.75 Å². The van der Waals surface area contributed by atoms with Crippen LogP contribution >= 0.6 is 0 Å². The maximum Gasteiger partial charge on any atom is 0.198 e. The van der Waals surface area contributed by atoms with E-state index < -0.39 is 5.60 Å². The van der Waals surface area contributed by atoms with Gasteiger partial charge in [-0.1, -0.05) is 19.1 Å². The van der Waals surface area contributed by atoms with Gasteiger partial charge < -0.3 is 9.47 Å². The molecule has 1 aromatic rings. The molecule has 0 bridgehead atoms. The molecular weight excluding hydrogens is 264 g/mol. The SMILES string of the molecule is CCOc1ccccc1C(=O)C1(OCC)CCC(C)CC1. The second-order valence-electron chi connectivity index (χ2n) is 5.87. The van der Waals surface area contributed by atoms with Gasteiger partial charge in [-0.25, -0.2) is 0 Å². The predicted molar refractivity (Wildman–Crippen MR) is 83.9 cm³/mol. The summed E-state index contributed by atoms with van der Waals surface area (Å²) in [7, 11) is 0. The van der Waals surface area contributed by atoms with Crippen LogP contribution in [0.2, 0.25) is 0 Å².